The zero-order valence-corrected chi connectivity index (χ0v) is 14.6. The second-order valence-electron chi connectivity index (χ2n) is 5.24. The van der Waals surface area contributed by atoms with Gasteiger partial charge in [-0.05, 0) is 30.3 Å². The lowest BCUT2D eigenvalue weighted by molar-refractivity contribution is 0.598. The smallest absolute Gasteiger partial charge is 0.177 e. The van der Waals surface area contributed by atoms with Gasteiger partial charge in [0.1, 0.15) is 16.7 Å². The molecule has 4 aromatic heterocycles. The van der Waals surface area contributed by atoms with E-state index in [9.17, 15) is 0 Å². The van der Waals surface area contributed by atoms with Crippen LogP contribution in [0.15, 0.2) is 34.2 Å². The third-order valence-corrected chi connectivity index (χ3v) is 5.62. The Bertz CT molecular complexity index is 975. The Balaban J connectivity index is 1.78. The summed E-state index contributed by atoms with van der Waals surface area (Å²) >= 11 is 3.08. The minimum absolute atomic E-state index is 0.406. The number of imidazole rings is 1. The van der Waals surface area contributed by atoms with Crippen LogP contribution in [-0.4, -0.2) is 29.5 Å². The lowest BCUT2D eigenvalue weighted by atomic mass is 10.3. The van der Waals surface area contributed by atoms with Gasteiger partial charge in [-0.3, -0.25) is 0 Å². The van der Waals surface area contributed by atoms with Crippen LogP contribution in [0.1, 0.15) is 19.8 Å². The van der Waals surface area contributed by atoms with Gasteiger partial charge in [-0.25, -0.2) is 24.9 Å². The molecule has 0 aromatic carbocycles. The summed E-state index contributed by atoms with van der Waals surface area (Å²) in [5.74, 6) is 0.406. The molecule has 24 heavy (non-hydrogen) atoms. The molecule has 7 nitrogen and oxygen atoms in total. The normalized spacial score (nSPS) is 11.5. The molecule has 4 rings (SSSR count). The van der Waals surface area contributed by atoms with Crippen molar-refractivity contribution in [2.24, 2.45) is 0 Å². The molecule has 4 heterocycles. The van der Waals surface area contributed by atoms with E-state index < -0.39 is 0 Å². The van der Waals surface area contributed by atoms with Gasteiger partial charge in [0.2, 0.25) is 0 Å². The van der Waals surface area contributed by atoms with Gasteiger partial charge in [-0.2, -0.15) is 0 Å². The first kappa shape index (κ1) is 15.3. The summed E-state index contributed by atoms with van der Waals surface area (Å²) in [4.78, 5) is 23.0. The van der Waals surface area contributed by atoms with Crippen LogP contribution in [-0.2, 0) is 6.54 Å². The number of aromatic nitrogens is 6. The van der Waals surface area contributed by atoms with E-state index in [0.29, 0.717) is 11.3 Å². The van der Waals surface area contributed by atoms with E-state index in [2.05, 4.69) is 36.4 Å². The van der Waals surface area contributed by atoms with E-state index in [1.54, 1.807) is 17.5 Å². The number of anilines is 1. The number of thiazole rings is 1. The van der Waals surface area contributed by atoms with Gasteiger partial charge < -0.3 is 10.3 Å². The van der Waals surface area contributed by atoms with Crippen molar-refractivity contribution in [2.45, 2.75) is 35.8 Å². The van der Waals surface area contributed by atoms with Crippen molar-refractivity contribution in [3.63, 3.8) is 0 Å². The van der Waals surface area contributed by atoms with Crippen LogP contribution in [0, 0.1) is 0 Å². The van der Waals surface area contributed by atoms with Gasteiger partial charge in [0.05, 0.1) is 0 Å². The van der Waals surface area contributed by atoms with Crippen molar-refractivity contribution in [3.05, 3.63) is 24.7 Å². The highest BCUT2D eigenvalue weighted by atomic mass is 32.2. The quantitative estimate of drug-likeness (QED) is 0.585. The molecule has 122 valence electrons. The summed E-state index contributed by atoms with van der Waals surface area (Å²) in [5, 5.41) is 0.838. The maximum atomic E-state index is 5.96. The molecule has 0 aliphatic heterocycles. The third kappa shape index (κ3) is 2.69. The summed E-state index contributed by atoms with van der Waals surface area (Å²) in [7, 11) is 0. The standard InChI is InChI=1S/C15H15N7S2/c1-2-3-7-22-12-10(11(16)18-8-19-12)21-14(22)24-15-20-9-5-4-6-17-13(9)23-15/h4-6,8H,2-3,7H2,1H3,(H2,16,18,19). The van der Waals surface area contributed by atoms with E-state index in [1.165, 1.54) is 18.1 Å². The molecule has 0 aliphatic rings. The second-order valence-corrected chi connectivity index (χ2v) is 7.43. The van der Waals surface area contributed by atoms with Crippen LogP contribution in [0.25, 0.3) is 21.5 Å². The number of pyridine rings is 1. The molecule has 0 unspecified atom stereocenters. The maximum Gasteiger partial charge on any atom is 0.177 e. The van der Waals surface area contributed by atoms with E-state index in [4.69, 9.17) is 5.73 Å². The Kier molecular flexibility index (Phi) is 4.03. The van der Waals surface area contributed by atoms with Crippen LogP contribution in [0.3, 0.4) is 0 Å². The number of nitrogens with two attached hydrogens (primary N) is 1. The summed E-state index contributed by atoms with van der Waals surface area (Å²) < 4.78 is 3.00. The molecule has 0 bridgehead atoms. The molecule has 0 amide bonds. The van der Waals surface area contributed by atoms with Crippen molar-refractivity contribution < 1.29 is 0 Å². The predicted octanol–water partition coefficient (Wildman–Crippen LogP) is 3.36. The zero-order valence-electron chi connectivity index (χ0n) is 13.0. The fraction of sp³-hybridized carbons (Fsp3) is 0.267. The number of hydrogen-bond donors (Lipinski definition) is 1. The van der Waals surface area contributed by atoms with Crippen LogP contribution in [0.4, 0.5) is 5.82 Å². The number of nitrogens with zero attached hydrogens (tertiary/aromatic N) is 6. The van der Waals surface area contributed by atoms with Gasteiger partial charge in [0.25, 0.3) is 0 Å². The number of rotatable bonds is 5. The number of fused-ring (bicyclic) bond motifs is 2. The number of unbranched alkanes of at least 4 members (excludes halogenated alkanes) is 1. The largest absolute Gasteiger partial charge is 0.382 e. The highest BCUT2D eigenvalue weighted by Crippen LogP contribution is 2.35. The fourth-order valence-electron chi connectivity index (χ4n) is 2.40. The highest BCUT2D eigenvalue weighted by molar-refractivity contribution is 8.01. The lowest BCUT2D eigenvalue weighted by Gasteiger charge is -2.05. The Labute approximate surface area is 146 Å². The monoisotopic (exact) mass is 357 g/mol. The minimum Gasteiger partial charge on any atom is -0.382 e. The molecule has 0 radical (unpaired) electrons. The second kappa shape index (κ2) is 6.33. The fourth-order valence-corrected chi connectivity index (χ4v) is 4.39. The summed E-state index contributed by atoms with van der Waals surface area (Å²) in [6, 6.07) is 3.86. The van der Waals surface area contributed by atoms with E-state index in [0.717, 1.165) is 44.9 Å². The Morgan fingerprint density at radius 1 is 1.25 bits per heavy atom. The van der Waals surface area contributed by atoms with Gasteiger partial charge in [-0.1, -0.05) is 24.7 Å². The molecule has 0 saturated heterocycles. The summed E-state index contributed by atoms with van der Waals surface area (Å²) in [6.07, 6.45) is 5.40. The van der Waals surface area contributed by atoms with E-state index >= 15 is 0 Å². The molecule has 2 N–H and O–H groups in total. The zero-order chi connectivity index (χ0) is 16.5. The Morgan fingerprint density at radius 3 is 3.00 bits per heavy atom. The maximum absolute atomic E-state index is 5.96. The van der Waals surface area contributed by atoms with Crippen LogP contribution in [0.2, 0.25) is 0 Å². The van der Waals surface area contributed by atoms with Crippen molar-refractivity contribution in [2.75, 3.05) is 5.73 Å². The number of aryl methyl sites for hydroxylation is 1. The lowest BCUT2D eigenvalue weighted by Crippen LogP contribution is -2.01. The van der Waals surface area contributed by atoms with Gasteiger partial charge >= 0.3 is 0 Å². The van der Waals surface area contributed by atoms with Gasteiger partial charge in [0, 0.05) is 12.7 Å². The average molecular weight is 357 g/mol. The molecular formula is C15H15N7S2. The van der Waals surface area contributed by atoms with E-state index in [-0.39, 0.29) is 0 Å². The first-order chi connectivity index (χ1) is 11.8. The summed E-state index contributed by atoms with van der Waals surface area (Å²) in [6.45, 7) is 3.00. The molecule has 0 saturated carbocycles. The molecule has 9 heteroatoms. The van der Waals surface area contributed by atoms with Gasteiger partial charge in [-0.15, -0.1) is 0 Å². The van der Waals surface area contributed by atoms with Crippen molar-refractivity contribution in [1.29, 1.82) is 0 Å². The SMILES string of the molecule is CCCCn1c(Sc2nc3cccnc3s2)nc2c(N)ncnc21. The molecule has 0 atom stereocenters. The first-order valence-corrected chi connectivity index (χ1v) is 9.25. The van der Waals surface area contributed by atoms with E-state index in [1.807, 2.05) is 12.1 Å². The van der Waals surface area contributed by atoms with Gasteiger partial charge in [0.15, 0.2) is 26.5 Å². The molecule has 4 aromatic rings. The number of nitrogen functional groups attached to an aromatic ring is 1. The van der Waals surface area contributed by atoms with Crippen molar-refractivity contribution >= 4 is 50.4 Å². The van der Waals surface area contributed by atoms with Crippen LogP contribution in [0.5, 0.6) is 0 Å². The highest BCUT2D eigenvalue weighted by Gasteiger charge is 2.17. The summed E-state index contributed by atoms with van der Waals surface area (Å²) in [5.41, 5.74) is 8.29. The average Bonchev–Trinajstić information content (AvgIpc) is 3.15. The predicted molar refractivity (Wildman–Crippen MR) is 96.2 cm³/mol. The van der Waals surface area contributed by atoms with Crippen LogP contribution >= 0.6 is 23.1 Å². The Morgan fingerprint density at radius 2 is 2.17 bits per heavy atom. The molecule has 0 aliphatic carbocycles. The third-order valence-electron chi connectivity index (χ3n) is 3.59. The topological polar surface area (TPSA) is 95.4 Å². The van der Waals surface area contributed by atoms with Crippen molar-refractivity contribution in [3.8, 4) is 0 Å². The minimum atomic E-state index is 0.406. The van der Waals surface area contributed by atoms with Crippen LogP contribution < -0.4 is 5.73 Å². The molecular weight excluding hydrogens is 342 g/mol. The first-order valence-electron chi connectivity index (χ1n) is 7.62. The molecule has 0 fully saturated rings. The Hall–Kier alpha value is -2.26. The number of hydrogen-bond acceptors (Lipinski definition) is 8. The molecule has 0 spiro atoms. The van der Waals surface area contributed by atoms with Crippen molar-refractivity contribution in [1.82, 2.24) is 29.5 Å².